The van der Waals surface area contributed by atoms with E-state index in [1.807, 2.05) is 20.8 Å². The lowest BCUT2D eigenvalue weighted by Gasteiger charge is -2.25. The Labute approximate surface area is 124 Å². The quantitative estimate of drug-likeness (QED) is 0.850. The van der Waals surface area contributed by atoms with Crippen molar-refractivity contribution < 1.29 is 4.79 Å². The summed E-state index contributed by atoms with van der Waals surface area (Å²) < 4.78 is 0. The standard InChI is InChI=1S/C14H19ClN2OS/c1-4-17(8-10(3)13(16)19)14(18)12-6-5-11(15)7-9(12)2/h5-7,10H,4,8H2,1-3H3,(H2,16,19). The minimum Gasteiger partial charge on any atom is -0.393 e. The predicted octanol–water partition coefficient (Wildman–Crippen LogP) is 3.03. The Morgan fingerprint density at radius 3 is 2.63 bits per heavy atom. The first kappa shape index (κ1) is 15.9. The van der Waals surface area contributed by atoms with E-state index in [0.717, 1.165) is 5.56 Å². The van der Waals surface area contributed by atoms with Crippen LogP contribution in [0.4, 0.5) is 0 Å². The van der Waals surface area contributed by atoms with Crippen molar-refractivity contribution in [3.05, 3.63) is 34.3 Å². The van der Waals surface area contributed by atoms with Crippen LogP contribution in [0.2, 0.25) is 5.02 Å². The molecule has 0 aliphatic rings. The van der Waals surface area contributed by atoms with Gasteiger partial charge in [-0.2, -0.15) is 0 Å². The summed E-state index contributed by atoms with van der Waals surface area (Å²) in [5, 5.41) is 0.633. The molecular weight excluding hydrogens is 280 g/mol. The molecule has 1 aromatic carbocycles. The fourth-order valence-electron chi connectivity index (χ4n) is 1.81. The second-order valence-electron chi connectivity index (χ2n) is 4.61. The van der Waals surface area contributed by atoms with E-state index in [9.17, 15) is 4.79 Å². The number of carbonyl (C=O) groups is 1. The first-order valence-corrected chi connectivity index (χ1v) is 7.00. The molecule has 0 radical (unpaired) electrons. The summed E-state index contributed by atoms with van der Waals surface area (Å²) in [6.45, 7) is 6.90. The first-order chi connectivity index (χ1) is 8.86. The molecule has 1 aromatic rings. The Morgan fingerprint density at radius 2 is 2.16 bits per heavy atom. The van der Waals surface area contributed by atoms with Crippen LogP contribution in [0.25, 0.3) is 0 Å². The molecule has 0 saturated carbocycles. The fourth-order valence-corrected chi connectivity index (χ4v) is 2.11. The molecule has 104 valence electrons. The van der Waals surface area contributed by atoms with Crippen LogP contribution in [0.3, 0.4) is 0 Å². The topological polar surface area (TPSA) is 46.3 Å². The van der Waals surface area contributed by atoms with Gasteiger partial charge in [-0.15, -0.1) is 0 Å². The third-order valence-corrected chi connectivity index (χ3v) is 3.71. The van der Waals surface area contributed by atoms with E-state index < -0.39 is 0 Å². The van der Waals surface area contributed by atoms with Crippen LogP contribution in [-0.4, -0.2) is 28.9 Å². The molecule has 0 bridgehead atoms. The zero-order valence-corrected chi connectivity index (χ0v) is 13.0. The maximum Gasteiger partial charge on any atom is 0.254 e. The number of aryl methyl sites for hydroxylation is 1. The van der Waals surface area contributed by atoms with Gasteiger partial charge in [0.05, 0.1) is 4.99 Å². The molecule has 3 nitrogen and oxygen atoms in total. The van der Waals surface area contributed by atoms with Crippen molar-refractivity contribution in [1.82, 2.24) is 4.90 Å². The van der Waals surface area contributed by atoms with E-state index >= 15 is 0 Å². The molecule has 19 heavy (non-hydrogen) atoms. The number of nitrogens with zero attached hydrogens (tertiary/aromatic N) is 1. The van der Waals surface area contributed by atoms with Crippen LogP contribution in [0.5, 0.6) is 0 Å². The molecule has 0 fully saturated rings. The maximum absolute atomic E-state index is 12.5. The average Bonchev–Trinajstić information content (AvgIpc) is 2.34. The van der Waals surface area contributed by atoms with Gasteiger partial charge in [0.15, 0.2) is 0 Å². The minimum absolute atomic E-state index is 0.00602. The van der Waals surface area contributed by atoms with Crippen molar-refractivity contribution in [2.45, 2.75) is 20.8 Å². The summed E-state index contributed by atoms with van der Waals surface area (Å²) in [5.41, 5.74) is 7.15. The van der Waals surface area contributed by atoms with Gasteiger partial charge in [-0.05, 0) is 37.6 Å². The first-order valence-electron chi connectivity index (χ1n) is 6.21. The Bertz CT molecular complexity index is 490. The molecule has 0 spiro atoms. The van der Waals surface area contributed by atoms with Gasteiger partial charge in [0.1, 0.15) is 0 Å². The maximum atomic E-state index is 12.5. The van der Waals surface area contributed by atoms with Gasteiger partial charge in [0.2, 0.25) is 0 Å². The Hall–Kier alpha value is -1.13. The van der Waals surface area contributed by atoms with Gasteiger partial charge in [0, 0.05) is 29.6 Å². The monoisotopic (exact) mass is 298 g/mol. The number of amides is 1. The summed E-state index contributed by atoms with van der Waals surface area (Å²) in [7, 11) is 0. The molecule has 2 N–H and O–H groups in total. The molecule has 0 aliphatic carbocycles. The summed E-state index contributed by atoms with van der Waals surface area (Å²) in [4.78, 5) is 14.6. The van der Waals surface area contributed by atoms with Crippen LogP contribution in [0.1, 0.15) is 29.8 Å². The number of rotatable bonds is 5. The molecule has 0 saturated heterocycles. The lowest BCUT2D eigenvalue weighted by Crippen LogP contribution is -2.38. The van der Waals surface area contributed by atoms with Gasteiger partial charge >= 0.3 is 0 Å². The Kier molecular flexibility index (Phi) is 5.76. The highest BCUT2D eigenvalue weighted by atomic mass is 35.5. The molecule has 0 aliphatic heterocycles. The predicted molar refractivity (Wildman–Crippen MR) is 83.7 cm³/mol. The number of hydrogen-bond donors (Lipinski definition) is 1. The zero-order chi connectivity index (χ0) is 14.6. The normalized spacial score (nSPS) is 12.0. The van der Waals surface area contributed by atoms with Crippen molar-refractivity contribution in [3.63, 3.8) is 0 Å². The second kappa shape index (κ2) is 6.87. The van der Waals surface area contributed by atoms with Gasteiger partial charge in [-0.3, -0.25) is 4.79 Å². The Balaban J connectivity index is 2.92. The van der Waals surface area contributed by atoms with Crippen LogP contribution in [0, 0.1) is 12.8 Å². The van der Waals surface area contributed by atoms with Crippen LogP contribution < -0.4 is 5.73 Å². The molecule has 1 unspecified atom stereocenters. The van der Waals surface area contributed by atoms with Gasteiger partial charge in [0.25, 0.3) is 5.91 Å². The van der Waals surface area contributed by atoms with Gasteiger partial charge in [-0.25, -0.2) is 0 Å². The number of hydrogen-bond acceptors (Lipinski definition) is 2. The summed E-state index contributed by atoms with van der Waals surface area (Å²) in [5.74, 6) is -0.00808. The van der Waals surface area contributed by atoms with Gasteiger partial charge in [-0.1, -0.05) is 30.7 Å². The van der Waals surface area contributed by atoms with Gasteiger partial charge < -0.3 is 10.6 Å². The fraction of sp³-hybridized carbons (Fsp3) is 0.429. The van der Waals surface area contributed by atoms with E-state index in [1.54, 1.807) is 23.1 Å². The van der Waals surface area contributed by atoms with E-state index in [4.69, 9.17) is 29.6 Å². The van der Waals surface area contributed by atoms with Crippen molar-refractivity contribution in [2.75, 3.05) is 13.1 Å². The summed E-state index contributed by atoms with van der Waals surface area (Å²) >= 11 is 10.9. The number of thiocarbonyl (C=S) groups is 1. The molecule has 1 amide bonds. The van der Waals surface area contributed by atoms with E-state index in [2.05, 4.69) is 0 Å². The molecular formula is C14H19ClN2OS. The highest BCUT2D eigenvalue weighted by molar-refractivity contribution is 7.80. The third-order valence-electron chi connectivity index (χ3n) is 3.07. The van der Waals surface area contributed by atoms with Crippen molar-refractivity contribution in [3.8, 4) is 0 Å². The zero-order valence-electron chi connectivity index (χ0n) is 11.4. The molecule has 0 heterocycles. The molecule has 0 aromatic heterocycles. The van der Waals surface area contributed by atoms with E-state index in [0.29, 0.717) is 28.7 Å². The van der Waals surface area contributed by atoms with Crippen molar-refractivity contribution >= 4 is 34.7 Å². The largest absolute Gasteiger partial charge is 0.393 e. The average molecular weight is 299 g/mol. The van der Waals surface area contributed by atoms with Crippen LogP contribution in [-0.2, 0) is 0 Å². The molecule has 1 atom stereocenters. The van der Waals surface area contributed by atoms with Crippen molar-refractivity contribution in [2.24, 2.45) is 11.7 Å². The molecule has 1 rings (SSSR count). The third kappa shape index (κ3) is 4.18. The Morgan fingerprint density at radius 1 is 1.53 bits per heavy atom. The molecule has 5 heteroatoms. The van der Waals surface area contributed by atoms with Crippen molar-refractivity contribution in [1.29, 1.82) is 0 Å². The smallest absolute Gasteiger partial charge is 0.254 e. The lowest BCUT2D eigenvalue weighted by molar-refractivity contribution is 0.0754. The van der Waals surface area contributed by atoms with E-state index in [-0.39, 0.29) is 11.8 Å². The summed E-state index contributed by atoms with van der Waals surface area (Å²) in [6.07, 6.45) is 0. The lowest BCUT2D eigenvalue weighted by atomic mass is 10.1. The highest BCUT2D eigenvalue weighted by Gasteiger charge is 2.19. The minimum atomic E-state index is -0.0141. The SMILES string of the molecule is CCN(CC(C)C(N)=S)C(=O)c1ccc(Cl)cc1C. The number of carbonyl (C=O) groups excluding carboxylic acids is 1. The number of halogens is 1. The van der Waals surface area contributed by atoms with E-state index in [1.165, 1.54) is 0 Å². The number of nitrogens with two attached hydrogens (primary N) is 1. The van der Waals surface area contributed by atoms with Crippen LogP contribution >= 0.6 is 23.8 Å². The highest BCUT2D eigenvalue weighted by Crippen LogP contribution is 2.17. The van der Waals surface area contributed by atoms with Crippen LogP contribution in [0.15, 0.2) is 18.2 Å². The number of benzene rings is 1. The second-order valence-corrected chi connectivity index (χ2v) is 5.51. The summed E-state index contributed by atoms with van der Waals surface area (Å²) in [6, 6.07) is 5.28.